The molecule has 0 saturated carbocycles. The van der Waals surface area contributed by atoms with E-state index in [9.17, 15) is 5.11 Å². The van der Waals surface area contributed by atoms with Crippen molar-refractivity contribution in [1.82, 2.24) is 4.98 Å². The van der Waals surface area contributed by atoms with Crippen LogP contribution in [0, 0.1) is 11.3 Å². The predicted octanol–water partition coefficient (Wildman–Crippen LogP) is 3.40. The summed E-state index contributed by atoms with van der Waals surface area (Å²) in [7, 11) is 0. The minimum atomic E-state index is -0.687. The molecule has 5 nitrogen and oxygen atoms in total. The topological polar surface area (TPSA) is 78.2 Å². The van der Waals surface area contributed by atoms with E-state index < -0.39 is 6.10 Å². The number of hydrogen-bond acceptors (Lipinski definition) is 5. The van der Waals surface area contributed by atoms with Crippen molar-refractivity contribution in [1.29, 1.82) is 5.26 Å². The second-order valence-electron chi connectivity index (χ2n) is 6.18. The quantitative estimate of drug-likeness (QED) is 0.644. The van der Waals surface area contributed by atoms with E-state index in [0.29, 0.717) is 17.9 Å². The lowest BCUT2D eigenvalue weighted by molar-refractivity contribution is 0.117. The molecule has 27 heavy (non-hydrogen) atoms. The van der Waals surface area contributed by atoms with Crippen LogP contribution in [0.3, 0.4) is 0 Å². The number of para-hydroxylation sites is 1. The van der Waals surface area contributed by atoms with Crippen molar-refractivity contribution in [3.63, 3.8) is 0 Å². The second-order valence-corrected chi connectivity index (χ2v) is 6.18. The summed E-state index contributed by atoms with van der Waals surface area (Å²) in [5, 5.41) is 22.3. The van der Waals surface area contributed by atoms with Gasteiger partial charge in [0.25, 0.3) is 0 Å². The van der Waals surface area contributed by atoms with Gasteiger partial charge in [0, 0.05) is 24.6 Å². The Bertz CT molecular complexity index is 889. The number of ether oxygens (including phenoxy) is 1. The van der Waals surface area contributed by atoms with Crippen LogP contribution in [-0.4, -0.2) is 29.3 Å². The Labute approximate surface area is 158 Å². The Balaban J connectivity index is 1.46. The van der Waals surface area contributed by atoms with Gasteiger partial charge in [-0.15, -0.1) is 0 Å². The van der Waals surface area contributed by atoms with E-state index in [1.165, 1.54) is 11.1 Å². The summed E-state index contributed by atoms with van der Waals surface area (Å²) in [5.74, 6) is 0.486. The lowest BCUT2D eigenvalue weighted by Crippen LogP contribution is -2.26. The Morgan fingerprint density at radius 1 is 1.00 bits per heavy atom. The van der Waals surface area contributed by atoms with Gasteiger partial charge in [-0.3, -0.25) is 4.98 Å². The van der Waals surface area contributed by atoms with Crippen LogP contribution in [0.25, 0.3) is 0 Å². The van der Waals surface area contributed by atoms with Gasteiger partial charge in [-0.2, -0.15) is 5.26 Å². The first-order valence-corrected chi connectivity index (χ1v) is 8.76. The molecule has 0 bridgehead atoms. The molecule has 2 aromatic carbocycles. The van der Waals surface area contributed by atoms with Crippen molar-refractivity contribution in [2.24, 2.45) is 0 Å². The van der Waals surface area contributed by atoms with Crippen LogP contribution in [0.1, 0.15) is 16.7 Å². The lowest BCUT2D eigenvalue weighted by Gasteiger charge is -2.15. The molecular formula is C22H21N3O2. The zero-order chi connectivity index (χ0) is 18.9. The number of benzene rings is 2. The van der Waals surface area contributed by atoms with Gasteiger partial charge in [0.2, 0.25) is 0 Å². The van der Waals surface area contributed by atoms with Crippen LogP contribution in [0.2, 0.25) is 0 Å². The van der Waals surface area contributed by atoms with E-state index in [1.807, 2.05) is 24.3 Å². The standard InChI is InChI=1S/C22H21N3O2/c23-14-19-3-1-2-4-22(19)27-16-21(26)15-25-20-7-5-17(6-8-20)13-18-9-11-24-12-10-18/h1-12,21,25-26H,13,15-16H2. The van der Waals surface area contributed by atoms with Crippen LogP contribution in [0.4, 0.5) is 5.69 Å². The number of nitriles is 1. The summed E-state index contributed by atoms with van der Waals surface area (Å²) in [6.45, 7) is 0.476. The number of hydrogen-bond donors (Lipinski definition) is 2. The molecule has 2 N–H and O–H groups in total. The molecule has 0 saturated heterocycles. The van der Waals surface area contributed by atoms with Crippen LogP contribution >= 0.6 is 0 Å². The fourth-order valence-electron chi connectivity index (χ4n) is 2.64. The minimum absolute atomic E-state index is 0.117. The van der Waals surface area contributed by atoms with Crippen molar-refractivity contribution in [3.05, 3.63) is 89.7 Å². The molecule has 0 aliphatic heterocycles. The van der Waals surface area contributed by atoms with Gasteiger partial charge < -0.3 is 15.2 Å². The summed E-state index contributed by atoms with van der Waals surface area (Å²) < 4.78 is 5.55. The summed E-state index contributed by atoms with van der Waals surface area (Å²) in [4.78, 5) is 4.03. The molecule has 1 heterocycles. The van der Waals surface area contributed by atoms with E-state index in [1.54, 1.807) is 36.7 Å². The molecule has 5 heteroatoms. The van der Waals surface area contributed by atoms with Gasteiger partial charge in [0.05, 0.1) is 5.56 Å². The van der Waals surface area contributed by atoms with Crippen molar-refractivity contribution >= 4 is 5.69 Å². The lowest BCUT2D eigenvalue weighted by atomic mass is 10.1. The van der Waals surface area contributed by atoms with Crippen molar-refractivity contribution < 1.29 is 9.84 Å². The van der Waals surface area contributed by atoms with Crippen molar-refractivity contribution in [2.75, 3.05) is 18.5 Å². The summed E-state index contributed by atoms with van der Waals surface area (Å²) >= 11 is 0. The van der Waals surface area contributed by atoms with E-state index in [-0.39, 0.29) is 6.61 Å². The highest BCUT2D eigenvalue weighted by molar-refractivity contribution is 5.45. The van der Waals surface area contributed by atoms with Gasteiger partial charge in [-0.25, -0.2) is 0 Å². The molecule has 1 atom stereocenters. The van der Waals surface area contributed by atoms with Crippen LogP contribution in [0.5, 0.6) is 5.75 Å². The average molecular weight is 359 g/mol. The van der Waals surface area contributed by atoms with Crippen LogP contribution in [-0.2, 0) is 6.42 Å². The maximum atomic E-state index is 10.1. The summed E-state index contributed by atoms with van der Waals surface area (Å²) in [6, 6.07) is 21.2. The third-order valence-corrected chi connectivity index (χ3v) is 4.09. The van der Waals surface area contributed by atoms with Gasteiger partial charge in [-0.1, -0.05) is 24.3 Å². The number of nitrogens with one attached hydrogen (secondary N) is 1. The fraction of sp³-hybridized carbons (Fsp3) is 0.182. The van der Waals surface area contributed by atoms with Crippen molar-refractivity contribution in [3.8, 4) is 11.8 Å². The maximum Gasteiger partial charge on any atom is 0.137 e. The van der Waals surface area contributed by atoms with Crippen molar-refractivity contribution in [2.45, 2.75) is 12.5 Å². The highest BCUT2D eigenvalue weighted by atomic mass is 16.5. The molecule has 3 rings (SSSR count). The van der Waals surface area contributed by atoms with Crippen LogP contribution in [0.15, 0.2) is 73.1 Å². The first-order valence-electron chi connectivity index (χ1n) is 8.76. The van der Waals surface area contributed by atoms with E-state index in [4.69, 9.17) is 10.00 Å². The van der Waals surface area contributed by atoms with E-state index >= 15 is 0 Å². The second kappa shape index (κ2) is 9.37. The molecule has 0 radical (unpaired) electrons. The number of anilines is 1. The first kappa shape index (κ1) is 18.4. The average Bonchev–Trinajstić information content (AvgIpc) is 2.72. The first-order chi connectivity index (χ1) is 13.2. The van der Waals surface area contributed by atoms with Gasteiger partial charge in [0.1, 0.15) is 24.5 Å². The molecule has 0 aliphatic carbocycles. The van der Waals surface area contributed by atoms with Gasteiger partial charge >= 0.3 is 0 Å². The number of pyridine rings is 1. The number of rotatable bonds is 8. The summed E-state index contributed by atoms with van der Waals surface area (Å²) in [5.41, 5.74) is 3.83. The monoisotopic (exact) mass is 359 g/mol. The predicted molar refractivity (Wildman–Crippen MR) is 105 cm³/mol. The minimum Gasteiger partial charge on any atom is -0.489 e. The Hall–Kier alpha value is -3.36. The SMILES string of the molecule is N#Cc1ccccc1OCC(O)CNc1ccc(Cc2ccncc2)cc1. The molecular weight excluding hydrogens is 338 g/mol. The zero-order valence-electron chi connectivity index (χ0n) is 14.9. The highest BCUT2D eigenvalue weighted by Gasteiger charge is 2.08. The molecule has 0 aliphatic rings. The third-order valence-electron chi connectivity index (χ3n) is 4.09. The molecule has 1 unspecified atom stereocenters. The maximum absolute atomic E-state index is 10.1. The molecule has 0 amide bonds. The normalized spacial score (nSPS) is 11.4. The fourth-order valence-corrected chi connectivity index (χ4v) is 2.64. The largest absolute Gasteiger partial charge is 0.489 e. The number of nitrogens with zero attached hydrogens (tertiary/aromatic N) is 2. The smallest absolute Gasteiger partial charge is 0.137 e. The molecule has 0 spiro atoms. The molecule has 1 aromatic heterocycles. The summed E-state index contributed by atoms with van der Waals surface area (Å²) in [6.07, 6.45) is 3.76. The van der Waals surface area contributed by atoms with Crippen LogP contribution < -0.4 is 10.1 Å². The Morgan fingerprint density at radius 3 is 2.44 bits per heavy atom. The van der Waals surface area contributed by atoms with Gasteiger partial charge in [-0.05, 0) is 53.9 Å². The van der Waals surface area contributed by atoms with E-state index in [0.717, 1.165) is 12.1 Å². The Kier molecular flexibility index (Phi) is 6.40. The highest BCUT2D eigenvalue weighted by Crippen LogP contribution is 2.17. The zero-order valence-corrected chi connectivity index (χ0v) is 14.9. The number of aliphatic hydroxyl groups is 1. The number of aliphatic hydroxyl groups excluding tert-OH is 1. The Morgan fingerprint density at radius 2 is 1.70 bits per heavy atom. The molecule has 136 valence electrons. The van der Waals surface area contributed by atoms with Gasteiger partial charge in [0.15, 0.2) is 0 Å². The number of aromatic nitrogens is 1. The van der Waals surface area contributed by atoms with E-state index in [2.05, 4.69) is 28.5 Å². The molecule has 3 aromatic rings. The molecule has 0 fully saturated rings. The third kappa shape index (κ3) is 5.56.